The second kappa shape index (κ2) is 10.4. The van der Waals surface area contributed by atoms with E-state index >= 15 is 0 Å². The molecule has 1 rings (SSSR count). The van der Waals surface area contributed by atoms with Crippen molar-refractivity contribution in [3.05, 3.63) is 39.9 Å². The minimum Gasteiger partial charge on any atom is -0.444 e. The molecule has 0 fully saturated rings. The Kier molecular flexibility index (Phi) is 8.56. The fourth-order valence-corrected chi connectivity index (χ4v) is 2.05. The number of nitrogens with one attached hydrogen (secondary N) is 1. The normalized spacial score (nSPS) is 12.1. The first-order chi connectivity index (χ1) is 13.4. The van der Waals surface area contributed by atoms with E-state index in [-0.39, 0.29) is 24.6 Å². The molecule has 1 amide bonds. The van der Waals surface area contributed by atoms with Gasteiger partial charge in [0.25, 0.3) is 5.69 Å². The van der Waals surface area contributed by atoms with Crippen LogP contribution in [0.5, 0.6) is 0 Å². The fourth-order valence-electron chi connectivity index (χ4n) is 2.05. The second-order valence-corrected chi connectivity index (χ2v) is 7.70. The fraction of sp³-hybridized carbons (Fsp3) is 0.526. The number of benzene rings is 1. The maximum atomic E-state index is 12.4. The SMILES string of the molecule is CC(C)COC(=O)OC(=O)[C@@H](Cc1ccc([N+](=O)[O-])cc1)NC(=O)OC(C)(C)C. The summed E-state index contributed by atoms with van der Waals surface area (Å²) >= 11 is 0. The predicted octanol–water partition coefficient (Wildman–Crippen LogP) is 3.37. The molecule has 0 bridgehead atoms. The molecule has 0 unspecified atom stereocenters. The molecule has 1 aromatic carbocycles. The standard InChI is InChI=1S/C19H26N2O8/c1-12(2)11-27-18(24)28-16(22)15(20-17(23)29-19(3,4)5)10-13-6-8-14(9-7-13)21(25)26/h6-9,12,15H,10-11H2,1-5H3,(H,20,23)/t15-/m1/s1. The van der Waals surface area contributed by atoms with Gasteiger partial charge in [0.2, 0.25) is 0 Å². The van der Waals surface area contributed by atoms with Crippen molar-refractivity contribution >= 4 is 23.9 Å². The largest absolute Gasteiger partial charge is 0.516 e. The molecule has 0 radical (unpaired) electrons. The van der Waals surface area contributed by atoms with Crippen molar-refractivity contribution in [1.29, 1.82) is 0 Å². The van der Waals surface area contributed by atoms with Gasteiger partial charge in [0.15, 0.2) is 0 Å². The van der Waals surface area contributed by atoms with Gasteiger partial charge >= 0.3 is 18.2 Å². The van der Waals surface area contributed by atoms with E-state index in [1.807, 2.05) is 13.8 Å². The number of carbonyl (C=O) groups excluding carboxylic acids is 3. The molecule has 0 saturated heterocycles. The zero-order valence-electron chi connectivity index (χ0n) is 17.1. The Morgan fingerprint density at radius 2 is 1.72 bits per heavy atom. The Morgan fingerprint density at radius 3 is 2.21 bits per heavy atom. The number of hydrogen-bond acceptors (Lipinski definition) is 8. The van der Waals surface area contributed by atoms with E-state index in [1.165, 1.54) is 24.3 Å². The molecule has 0 aliphatic rings. The molecule has 0 heterocycles. The van der Waals surface area contributed by atoms with Gasteiger partial charge in [0.05, 0.1) is 11.5 Å². The molecular weight excluding hydrogens is 384 g/mol. The summed E-state index contributed by atoms with van der Waals surface area (Å²) in [6, 6.07) is 4.14. The van der Waals surface area contributed by atoms with Gasteiger partial charge in [0, 0.05) is 18.6 Å². The van der Waals surface area contributed by atoms with Crippen molar-refractivity contribution in [2.24, 2.45) is 5.92 Å². The molecule has 160 valence electrons. The summed E-state index contributed by atoms with van der Waals surface area (Å²) < 4.78 is 14.6. The predicted molar refractivity (Wildman–Crippen MR) is 102 cm³/mol. The third-order valence-corrected chi connectivity index (χ3v) is 3.28. The summed E-state index contributed by atoms with van der Waals surface area (Å²) in [6.07, 6.45) is -2.13. The van der Waals surface area contributed by atoms with Crippen LogP contribution >= 0.6 is 0 Å². The van der Waals surface area contributed by atoms with Gasteiger partial charge in [-0.15, -0.1) is 0 Å². The molecule has 0 spiro atoms. The Bertz CT molecular complexity index is 738. The summed E-state index contributed by atoms with van der Waals surface area (Å²) in [5.41, 5.74) is -0.420. The third kappa shape index (κ3) is 9.54. The zero-order valence-corrected chi connectivity index (χ0v) is 17.1. The molecule has 0 aromatic heterocycles. The van der Waals surface area contributed by atoms with E-state index in [2.05, 4.69) is 10.1 Å². The highest BCUT2D eigenvalue weighted by atomic mass is 16.7. The van der Waals surface area contributed by atoms with Crippen LogP contribution in [-0.2, 0) is 25.4 Å². The van der Waals surface area contributed by atoms with Crippen LogP contribution in [0.15, 0.2) is 24.3 Å². The Labute approximate surface area is 168 Å². The maximum Gasteiger partial charge on any atom is 0.516 e. The highest BCUT2D eigenvalue weighted by Gasteiger charge is 2.28. The van der Waals surface area contributed by atoms with Crippen LogP contribution in [-0.4, -0.2) is 41.4 Å². The first-order valence-corrected chi connectivity index (χ1v) is 8.98. The second-order valence-electron chi connectivity index (χ2n) is 7.70. The van der Waals surface area contributed by atoms with Gasteiger partial charge in [0.1, 0.15) is 11.6 Å². The van der Waals surface area contributed by atoms with Crippen LogP contribution in [0, 0.1) is 16.0 Å². The summed E-state index contributed by atoms with van der Waals surface area (Å²) in [7, 11) is 0. The van der Waals surface area contributed by atoms with Crippen LogP contribution in [0.3, 0.4) is 0 Å². The van der Waals surface area contributed by atoms with E-state index < -0.39 is 34.8 Å². The van der Waals surface area contributed by atoms with Crippen LogP contribution in [0.25, 0.3) is 0 Å². The van der Waals surface area contributed by atoms with Gasteiger partial charge < -0.3 is 19.5 Å². The number of carbonyl (C=O) groups is 3. The van der Waals surface area contributed by atoms with Crippen molar-refractivity contribution in [3.8, 4) is 0 Å². The van der Waals surface area contributed by atoms with Crippen molar-refractivity contribution in [2.75, 3.05) is 6.61 Å². The topological polar surface area (TPSA) is 134 Å². The Balaban J connectivity index is 2.89. The molecule has 0 saturated carbocycles. The van der Waals surface area contributed by atoms with E-state index in [0.717, 1.165) is 0 Å². The van der Waals surface area contributed by atoms with Crippen LogP contribution in [0.4, 0.5) is 15.3 Å². The van der Waals surface area contributed by atoms with Crippen LogP contribution in [0.1, 0.15) is 40.2 Å². The number of non-ortho nitro benzene ring substituents is 1. The highest BCUT2D eigenvalue weighted by Crippen LogP contribution is 2.14. The molecule has 0 aliphatic carbocycles. The number of nitrogens with zero attached hydrogens (tertiary/aromatic N) is 1. The van der Waals surface area contributed by atoms with E-state index in [4.69, 9.17) is 9.47 Å². The summed E-state index contributed by atoms with van der Waals surface area (Å²) in [4.78, 5) is 46.3. The van der Waals surface area contributed by atoms with Gasteiger partial charge in [-0.1, -0.05) is 26.0 Å². The lowest BCUT2D eigenvalue weighted by Gasteiger charge is -2.22. The van der Waals surface area contributed by atoms with Crippen LogP contribution < -0.4 is 5.32 Å². The van der Waals surface area contributed by atoms with E-state index in [1.54, 1.807) is 20.8 Å². The number of amides is 1. The third-order valence-electron chi connectivity index (χ3n) is 3.28. The average molecular weight is 410 g/mol. The maximum absolute atomic E-state index is 12.4. The number of rotatable bonds is 7. The molecular formula is C19H26N2O8. The average Bonchev–Trinajstić information content (AvgIpc) is 2.58. The summed E-state index contributed by atoms with van der Waals surface area (Å²) in [6.45, 7) is 8.66. The van der Waals surface area contributed by atoms with Gasteiger partial charge in [-0.2, -0.15) is 0 Å². The van der Waals surface area contributed by atoms with Crippen molar-refractivity contribution in [1.82, 2.24) is 5.32 Å². The number of nitro benzene ring substituents is 1. The minimum absolute atomic E-state index is 0.0495. The molecule has 1 atom stereocenters. The zero-order chi connectivity index (χ0) is 22.2. The summed E-state index contributed by atoms with van der Waals surface area (Å²) in [5.74, 6) is -0.989. The quantitative estimate of drug-likeness (QED) is 0.313. The van der Waals surface area contributed by atoms with Gasteiger partial charge in [-0.25, -0.2) is 14.4 Å². The lowest BCUT2D eigenvalue weighted by atomic mass is 10.1. The molecule has 0 aliphatic heterocycles. The van der Waals surface area contributed by atoms with Crippen molar-refractivity contribution in [3.63, 3.8) is 0 Å². The monoisotopic (exact) mass is 410 g/mol. The lowest BCUT2D eigenvalue weighted by molar-refractivity contribution is -0.384. The number of esters is 1. The van der Waals surface area contributed by atoms with Crippen LogP contribution in [0.2, 0.25) is 0 Å². The highest BCUT2D eigenvalue weighted by molar-refractivity contribution is 5.88. The summed E-state index contributed by atoms with van der Waals surface area (Å²) in [5, 5.41) is 13.1. The number of nitro groups is 1. The Morgan fingerprint density at radius 1 is 1.14 bits per heavy atom. The minimum atomic E-state index is -1.27. The number of alkyl carbamates (subject to hydrolysis) is 1. The smallest absolute Gasteiger partial charge is 0.444 e. The Hall–Kier alpha value is -3.17. The molecule has 10 heteroatoms. The first kappa shape index (κ1) is 23.9. The van der Waals surface area contributed by atoms with E-state index in [9.17, 15) is 24.5 Å². The number of ether oxygens (including phenoxy) is 3. The molecule has 1 aromatic rings. The van der Waals surface area contributed by atoms with E-state index in [0.29, 0.717) is 5.56 Å². The van der Waals surface area contributed by atoms with Gasteiger partial charge in [-0.05, 0) is 32.3 Å². The van der Waals surface area contributed by atoms with Gasteiger partial charge in [-0.3, -0.25) is 10.1 Å². The lowest BCUT2D eigenvalue weighted by Crippen LogP contribution is -2.46. The van der Waals surface area contributed by atoms with Crippen molar-refractivity contribution < 1.29 is 33.5 Å². The molecule has 1 N–H and O–H groups in total. The molecule has 10 nitrogen and oxygen atoms in total. The molecule has 29 heavy (non-hydrogen) atoms. The number of hydrogen-bond donors (Lipinski definition) is 1. The van der Waals surface area contributed by atoms with Crippen molar-refractivity contribution in [2.45, 2.75) is 52.7 Å². The first-order valence-electron chi connectivity index (χ1n) is 8.98.